The second-order valence-electron chi connectivity index (χ2n) is 11.4. The van der Waals surface area contributed by atoms with Crippen molar-refractivity contribution < 1.29 is 9.13 Å². The summed E-state index contributed by atoms with van der Waals surface area (Å²) in [5.74, 6) is 3.28. The molecule has 0 amide bonds. The van der Waals surface area contributed by atoms with Gasteiger partial charge in [0.15, 0.2) is 0 Å². The van der Waals surface area contributed by atoms with E-state index < -0.39 is 0 Å². The number of rotatable bonds is 13. The lowest BCUT2D eigenvalue weighted by Crippen LogP contribution is -2.14. The molecule has 4 nitrogen and oxygen atoms in total. The first kappa shape index (κ1) is 28.4. The van der Waals surface area contributed by atoms with Crippen LogP contribution in [0.1, 0.15) is 112 Å². The van der Waals surface area contributed by atoms with Crippen molar-refractivity contribution in [2.24, 2.45) is 22.7 Å². The lowest BCUT2D eigenvalue weighted by molar-refractivity contribution is 0.276. The highest BCUT2D eigenvalue weighted by molar-refractivity contribution is 5.53. The zero-order valence-corrected chi connectivity index (χ0v) is 23.4. The topological polar surface area (TPSA) is 58.3 Å². The Balaban J connectivity index is 1.25. The maximum Gasteiger partial charge on any atom is 0.132 e. The van der Waals surface area contributed by atoms with Crippen molar-refractivity contribution in [3.63, 3.8) is 0 Å². The number of ether oxygens (including phenoxy) is 1. The minimum atomic E-state index is -0.318. The molecule has 0 aliphatic heterocycles. The second-order valence-corrected chi connectivity index (χ2v) is 11.4. The van der Waals surface area contributed by atoms with Crippen molar-refractivity contribution in [1.82, 2.24) is 4.98 Å². The molecule has 0 radical (unpaired) electrons. The van der Waals surface area contributed by atoms with E-state index in [2.05, 4.69) is 37.8 Å². The van der Waals surface area contributed by atoms with Gasteiger partial charge in [0.25, 0.3) is 0 Å². The van der Waals surface area contributed by atoms with Gasteiger partial charge in [0.2, 0.25) is 0 Å². The van der Waals surface area contributed by atoms with Gasteiger partial charge in [-0.1, -0.05) is 45.2 Å². The van der Waals surface area contributed by atoms with E-state index in [-0.39, 0.29) is 11.9 Å². The molecule has 5 atom stereocenters. The largest absolute Gasteiger partial charge is 0.493 e. The van der Waals surface area contributed by atoms with Gasteiger partial charge in [-0.15, -0.1) is 0 Å². The van der Waals surface area contributed by atoms with Crippen LogP contribution in [-0.4, -0.2) is 24.5 Å². The fourth-order valence-corrected chi connectivity index (χ4v) is 6.58. The summed E-state index contributed by atoms with van der Waals surface area (Å²) in [6.45, 7) is 8.71. The Labute approximate surface area is 229 Å². The van der Waals surface area contributed by atoms with Crippen molar-refractivity contribution in [2.45, 2.75) is 103 Å². The average molecular weight is 520 g/mol. The summed E-state index contributed by atoms with van der Waals surface area (Å²) >= 11 is 0. The number of aromatic nitrogens is 1. The number of aliphatic imine (C=N–C) groups is 1. The molecule has 38 heavy (non-hydrogen) atoms. The van der Waals surface area contributed by atoms with E-state index in [4.69, 9.17) is 15.1 Å². The average Bonchev–Trinajstić information content (AvgIpc) is 3.69. The van der Waals surface area contributed by atoms with Crippen molar-refractivity contribution in [2.75, 3.05) is 6.61 Å². The Hall–Kier alpha value is -2.56. The highest BCUT2D eigenvalue weighted by Gasteiger charge is 2.42. The third kappa shape index (κ3) is 7.30. The predicted molar refractivity (Wildman–Crippen MR) is 155 cm³/mol. The summed E-state index contributed by atoms with van der Waals surface area (Å²) < 4.78 is 20.7. The second kappa shape index (κ2) is 14.0. The Kier molecular flexibility index (Phi) is 10.5. The van der Waals surface area contributed by atoms with Gasteiger partial charge in [-0.2, -0.15) is 0 Å². The van der Waals surface area contributed by atoms with E-state index >= 15 is 0 Å². The zero-order chi connectivity index (χ0) is 26.9. The van der Waals surface area contributed by atoms with E-state index in [1.54, 1.807) is 6.07 Å². The summed E-state index contributed by atoms with van der Waals surface area (Å²) in [4.78, 5) is 9.01. The zero-order valence-electron chi connectivity index (χ0n) is 23.4. The first-order chi connectivity index (χ1) is 18.6. The minimum absolute atomic E-state index is 0.302. The third-order valence-electron chi connectivity index (χ3n) is 8.97. The molecule has 2 aliphatic rings. The maximum atomic E-state index is 14.7. The summed E-state index contributed by atoms with van der Waals surface area (Å²) in [5.41, 5.74) is 4.71. The summed E-state index contributed by atoms with van der Waals surface area (Å²) in [5, 5.41) is 7.21. The molecule has 1 aromatic heterocycles. The smallest absolute Gasteiger partial charge is 0.132 e. The first-order valence-corrected chi connectivity index (χ1v) is 14.9. The molecule has 5 unspecified atom stereocenters. The van der Waals surface area contributed by atoms with E-state index in [0.717, 1.165) is 37.0 Å². The van der Waals surface area contributed by atoms with Gasteiger partial charge in [0, 0.05) is 29.4 Å². The molecule has 4 rings (SSSR count). The van der Waals surface area contributed by atoms with E-state index in [1.165, 1.54) is 74.0 Å². The highest BCUT2D eigenvalue weighted by Crippen LogP contribution is 2.51. The molecule has 2 fully saturated rings. The molecule has 0 saturated heterocycles. The SMILES string of the molecule is C=NC(CCC=N)c1ccc(OCCC2CC2C2CCCCC(c3ncc(CC)cc3CC)CC2)cc1F. The summed E-state index contributed by atoms with van der Waals surface area (Å²) in [7, 11) is 0. The number of nitrogens with zero attached hydrogens (tertiary/aromatic N) is 2. The normalized spacial score (nSPS) is 24.2. The van der Waals surface area contributed by atoms with Gasteiger partial charge in [0.1, 0.15) is 11.6 Å². The molecule has 2 aliphatic carbocycles. The molecule has 5 heteroatoms. The van der Waals surface area contributed by atoms with Gasteiger partial charge in [-0.3, -0.25) is 9.98 Å². The number of halogens is 1. The van der Waals surface area contributed by atoms with Crippen molar-refractivity contribution in [3.05, 3.63) is 58.7 Å². The molecule has 1 aromatic carbocycles. The molecule has 2 aromatic rings. The lowest BCUT2D eigenvalue weighted by atomic mass is 9.80. The van der Waals surface area contributed by atoms with Gasteiger partial charge in [-0.05, 0) is 106 Å². The van der Waals surface area contributed by atoms with Gasteiger partial charge in [0.05, 0.1) is 12.6 Å². The van der Waals surface area contributed by atoms with Crippen LogP contribution in [0, 0.1) is 29.0 Å². The van der Waals surface area contributed by atoms with Gasteiger partial charge in [-0.25, -0.2) is 4.39 Å². The van der Waals surface area contributed by atoms with E-state index in [9.17, 15) is 4.39 Å². The Morgan fingerprint density at radius 1 is 1.16 bits per heavy atom. The number of nitrogens with one attached hydrogen (secondary N) is 1. The Morgan fingerprint density at radius 3 is 2.74 bits per heavy atom. The number of pyridine rings is 1. The molecule has 0 bridgehead atoms. The van der Waals surface area contributed by atoms with Crippen LogP contribution in [0.4, 0.5) is 4.39 Å². The summed E-state index contributed by atoms with van der Waals surface area (Å²) in [6.07, 6.45) is 17.0. The van der Waals surface area contributed by atoms with Gasteiger partial charge < -0.3 is 10.1 Å². The standard InChI is InChI=1S/C33H46FN3O/c1-4-23-19-24(5-2)33(37-22-23)26-10-7-6-9-25(12-13-26)30-20-27(30)16-18-38-28-14-15-29(31(34)21-28)32(36-3)11-8-17-35/h14-15,17,19,21-22,25-27,30,32,35H,3-13,16,18,20H2,1-2H3. The van der Waals surface area contributed by atoms with Crippen LogP contribution in [0.3, 0.4) is 0 Å². The molecule has 0 spiro atoms. The van der Waals surface area contributed by atoms with Crippen LogP contribution in [0.25, 0.3) is 0 Å². The first-order valence-electron chi connectivity index (χ1n) is 14.9. The van der Waals surface area contributed by atoms with E-state index in [1.807, 2.05) is 6.07 Å². The van der Waals surface area contributed by atoms with Crippen molar-refractivity contribution in [3.8, 4) is 5.75 Å². The quantitative estimate of drug-likeness (QED) is 0.269. The number of hydrogen-bond acceptors (Lipinski definition) is 4. The molecular weight excluding hydrogens is 473 g/mol. The predicted octanol–water partition coefficient (Wildman–Crippen LogP) is 8.68. The Morgan fingerprint density at radius 2 is 2.00 bits per heavy atom. The molecule has 1 N–H and O–H groups in total. The van der Waals surface area contributed by atoms with Gasteiger partial charge >= 0.3 is 0 Å². The van der Waals surface area contributed by atoms with Crippen molar-refractivity contribution in [1.29, 1.82) is 5.41 Å². The Bertz CT molecular complexity index is 1070. The number of hydrogen-bond donors (Lipinski definition) is 1. The van der Waals surface area contributed by atoms with Crippen molar-refractivity contribution >= 4 is 12.9 Å². The third-order valence-corrected chi connectivity index (χ3v) is 8.97. The molecule has 206 valence electrons. The van der Waals surface area contributed by atoms with Crippen LogP contribution in [0.15, 0.2) is 35.5 Å². The monoisotopic (exact) mass is 519 g/mol. The summed E-state index contributed by atoms with van der Waals surface area (Å²) in [6, 6.07) is 7.14. The highest BCUT2D eigenvalue weighted by atomic mass is 19.1. The fraction of sp³-hybridized carbons (Fsp3) is 0.606. The van der Waals surface area contributed by atoms with E-state index in [0.29, 0.717) is 36.7 Å². The molecule has 1 heterocycles. The molecular formula is C33H46FN3O. The van der Waals surface area contributed by atoms with Crippen LogP contribution in [0.2, 0.25) is 0 Å². The van der Waals surface area contributed by atoms with Crippen LogP contribution in [0.5, 0.6) is 5.75 Å². The van der Waals surface area contributed by atoms with Crippen LogP contribution < -0.4 is 4.74 Å². The maximum absolute atomic E-state index is 14.7. The number of aryl methyl sites for hydroxylation is 2. The minimum Gasteiger partial charge on any atom is -0.493 e. The fourth-order valence-electron chi connectivity index (χ4n) is 6.58. The molecule has 2 saturated carbocycles. The van der Waals surface area contributed by atoms with Crippen LogP contribution >= 0.6 is 0 Å². The number of benzene rings is 1. The van der Waals surface area contributed by atoms with Crippen LogP contribution in [-0.2, 0) is 12.8 Å². The lowest BCUT2D eigenvalue weighted by Gasteiger charge is -2.26.